The number of carbonyl (C=O) groups is 1. The molecule has 2 rings (SSSR count). The summed E-state index contributed by atoms with van der Waals surface area (Å²) in [6.07, 6.45) is 0. The maximum atomic E-state index is 12.2. The molecule has 1 aromatic carbocycles. The number of nitrogens with one attached hydrogen (secondary N) is 1. The van der Waals surface area contributed by atoms with Crippen molar-refractivity contribution in [3.8, 4) is 11.5 Å². The Labute approximate surface area is 125 Å². The Balaban J connectivity index is 2.43. The van der Waals surface area contributed by atoms with Crippen molar-refractivity contribution in [3.63, 3.8) is 0 Å². The molecule has 1 amide bonds. The van der Waals surface area contributed by atoms with E-state index in [0.717, 1.165) is 6.07 Å². The minimum atomic E-state index is -0.707. The van der Waals surface area contributed by atoms with E-state index < -0.39 is 16.5 Å². The normalized spacial score (nSPS) is 10.1. The van der Waals surface area contributed by atoms with Crippen LogP contribution >= 0.6 is 0 Å². The van der Waals surface area contributed by atoms with Gasteiger partial charge in [-0.1, -0.05) is 5.16 Å². The number of hydrogen-bond donors (Lipinski definition) is 1. The SMILES string of the molecule is COc1cc(C(=O)Nc2cc(C)on2)c([N+](=O)[O-])cc1OC. The van der Waals surface area contributed by atoms with Crippen molar-refractivity contribution in [2.24, 2.45) is 0 Å². The number of amides is 1. The van der Waals surface area contributed by atoms with Crippen molar-refractivity contribution in [3.05, 3.63) is 39.6 Å². The lowest BCUT2D eigenvalue weighted by Crippen LogP contribution is -2.14. The third-order valence-corrected chi connectivity index (χ3v) is 2.81. The van der Waals surface area contributed by atoms with Crippen LogP contribution in [-0.4, -0.2) is 30.2 Å². The van der Waals surface area contributed by atoms with Crippen molar-refractivity contribution in [1.29, 1.82) is 0 Å². The summed E-state index contributed by atoms with van der Waals surface area (Å²) in [5.41, 5.74) is -0.585. The van der Waals surface area contributed by atoms with E-state index in [9.17, 15) is 14.9 Å². The van der Waals surface area contributed by atoms with Gasteiger partial charge >= 0.3 is 0 Å². The Hall–Kier alpha value is -3.10. The van der Waals surface area contributed by atoms with Gasteiger partial charge in [0.2, 0.25) is 0 Å². The molecule has 0 unspecified atom stereocenters. The minimum absolute atomic E-state index is 0.156. The molecule has 0 fully saturated rings. The molecule has 2 aromatic rings. The number of anilines is 1. The van der Waals surface area contributed by atoms with Gasteiger partial charge in [-0.3, -0.25) is 14.9 Å². The molecule has 0 radical (unpaired) electrons. The van der Waals surface area contributed by atoms with Gasteiger partial charge in [0.05, 0.1) is 25.2 Å². The number of nitro benzene ring substituents is 1. The number of nitro groups is 1. The first-order valence-corrected chi connectivity index (χ1v) is 6.11. The molecule has 1 N–H and O–H groups in total. The first-order chi connectivity index (χ1) is 10.5. The summed E-state index contributed by atoms with van der Waals surface area (Å²) in [5.74, 6) is 0.308. The van der Waals surface area contributed by atoms with Gasteiger partial charge in [0.1, 0.15) is 11.3 Å². The summed E-state index contributed by atoms with van der Waals surface area (Å²) in [6, 6.07) is 3.85. The molecule has 1 aromatic heterocycles. The van der Waals surface area contributed by atoms with Gasteiger partial charge in [-0.15, -0.1) is 0 Å². The monoisotopic (exact) mass is 307 g/mol. The second kappa shape index (κ2) is 6.12. The molecule has 9 heteroatoms. The van der Waals surface area contributed by atoms with Crippen LogP contribution in [0.1, 0.15) is 16.1 Å². The molecule has 0 aliphatic rings. The first-order valence-electron chi connectivity index (χ1n) is 6.11. The van der Waals surface area contributed by atoms with Crippen molar-refractivity contribution in [2.45, 2.75) is 6.92 Å². The fraction of sp³-hybridized carbons (Fsp3) is 0.231. The molecule has 0 atom stereocenters. The number of ether oxygens (including phenoxy) is 2. The Morgan fingerprint density at radius 2 is 1.91 bits per heavy atom. The molecule has 22 heavy (non-hydrogen) atoms. The number of aromatic nitrogens is 1. The van der Waals surface area contributed by atoms with Crippen LogP contribution in [0, 0.1) is 17.0 Å². The van der Waals surface area contributed by atoms with Gasteiger partial charge < -0.3 is 19.3 Å². The average Bonchev–Trinajstić information content (AvgIpc) is 2.90. The summed E-state index contributed by atoms with van der Waals surface area (Å²) in [5, 5.41) is 17.2. The molecule has 0 saturated carbocycles. The van der Waals surface area contributed by atoms with Gasteiger partial charge in [0, 0.05) is 12.1 Å². The van der Waals surface area contributed by atoms with E-state index in [-0.39, 0.29) is 22.9 Å². The highest BCUT2D eigenvalue weighted by Crippen LogP contribution is 2.34. The Bertz CT molecular complexity index is 725. The van der Waals surface area contributed by atoms with E-state index in [4.69, 9.17) is 14.0 Å². The lowest BCUT2D eigenvalue weighted by Gasteiger charge is -2.10. The summed E-state index contributed by atoms with van der Waals surface area (Å²) in [4.78, 5) is 22.7. The molecule has 0 aliphatic carbocycles. The number of nitrogens with zero attached hydrogens (tertiary/aromatic N) is 2. The third kappa shape index (κ3) is 2.97. The third-order valence-electron chi connectivity index (χ3n) is 2.81. The number of benzene rings is 1. The van der Waals surface area contributed by atoms with E-state index in [1.165, 1.54) is 26.4 Å². The number of hydrogen-bond acceptors (Lipinski definition) is 7. The minimum Gasteiger partial charge on any atom is -0.493 e. The summed E-state index contributed by atoms with van der Waals surface area (Å²) in [7, 11) is 2.71. The molecule has 1 heterocycles. The topological polar surface area (TPSA) is 117 Å². The first kappa shape index (κ1) is 15.3. The van der Waals surface area contributed by atoms with Crippen LogP contribution in [0.5, 0.6) is 11.5 Å². The summed E-state index contributed by atoms with van der Waals surface area (Å²) < 4.78 is 14.9. The Morgan fingerprint density at radius 1 is 1.27 bits per heavy atom. The highest BCUT2D eigenvalue weighted by molar-refractivity contribution is 6.07. The molecule has 9 nitrogen and oxygen atoms in total. The van der Waals surface area contributed by atoms with E-state index in [2.05, 4.69) is 10.5 Å². The molecule has 0 bridgehead atoms. The summed E-state index contributed by atoms with van der Waals surface area (Å²) >= 11 is 0. The summed E-state index contributed by atoms with van der Waals surface area (Å²) in [6.45, 7) is 1.65. The van der Waals surface area contributed by atoms with Crippen LogP contribution in [-0.2, 0) is 0 Å². The second-order valence-corrected chi connectivity index (χ2v) is 4.26. The van der Waals surface area contributed by atoms with Crippen molar-refractivity contribution < 1.29 is 23.7 Å². The van der Waals surface area contributed by atoms with Crippen LogP contribution < -0.4 is 14.8 Å². The van der Waals surface area contributed by atoms with Crippen molar-refractivity contribution in [2.75, 3.05) is 19.5 Å². The van der Waals surface area contributed by atoms with E-state index in [0.29, 0.717) is 5.76 Å². The number of aryl methyl sites for hydroxylation is 1. The van der Waals surface area contributed by atoms with E-state index in [1.807, 2.05) is 0 Å². The van der Waals surface area contributed by atoms with Gasteiger partial charge in [-0.05, 0) is 6.92 Å². The van der Waals surface area contributed by atoms with Crippen molar-refractivity contribution in [1.82, 2.24) is 5.16 Å². The predicted molar refractivity (Wildman–Crippen MR) is 75.4 cm³/mol. The maximum Gasteiger partial charge on any atom is 0.286 e. The zero-order valence-electron chi connectivity index (χ0n) is 12.1. The van der Waals surface area contributed by atoms with Crippen molar-refractivity contribution >= 4 is 17.4 Å². The fourth-order valence-corrected chi connectivity index (χ4v) is 1.81. The zero-order valence-corrected chi connectivity index (χ0v) is 12.1. The largest absolute Gasteiger partial charge is 0.493 e. The number of rotatable bonds is 5. The molecule has 0 aliphatic heterocycles. The van der Waals surface area contributed by atoms with Gasteiger partial charge in [-0.25, -0.2) is 0 Å². The molecule has 0 spiro atoms. The van der Waals surface area contributed by atoms with Crippen LogP contribution in [0.25, 0.3) is 0 Å². The highest BCUT2D eigenvalue weighted by Gasteiger charge is 2.25. The predicted octanol–water partition coefficient (Wildman–Crippen LogP) is 2.16. The molecular weight excluding hydrogens is 294 g/mol. The quantitative estimate of drug-likeness (QED) is 0.664. The Morgan fingerprint density at radius 3 is 2.41 bits per heavy atom. The lowest BCUT2D eigenvalue weighted by atomic mass is 10.1. The van der Waals surface area contributed by atoms with Gasteiger partial charge in [0.25, 0.3) is 11.6 Å². The average molecular weight is 307 g/mol. The molecule has 116 valence electrons. The molecule has 0 saturated heterocycles. The van der Waals surface area contributed by atoms with Gasteiger partial charge in [-0.2, -0.15) is 0 Å². The lowest BCUT2D eigenvalue weighted by molar-refractivity contribution is -0.385. The Kier molecular flexibility index (Phi) is 4.25. The highest BCUT2D eigenvalue weighted by atomic mass is 16.6. The number of methoxy groups -OCH3 is 2. The van der Waals surface area contributed by atoms with E-state index in [1.54, 1.807) is 6.92 Å². The smallest absolute Gasteiger partial charge is 0.286 e. The van der Waals surface area contributed by atoms with Crippen LogP contribution in [0.4, 0.5) is 11.5 Å². The fourth-order valence-electron chi connectivity index (χ4n) is 1.81. The van der Waals surface area contributed by atoms with E-state index >= 15 is 0 Å². The maximum absolute atomic E-state index is 12.2. The van der Waals surface area contributed by atoms with Crippen LogP contribution in [0.2, 0.25) is 0 Å². The zero-order chi connectivity index (χ0) is 16.3. The molecular formula is C13H13N3O6. The van der Waals surface area contributed by atoms with Crippen LogP contribution in [0.15, 0.2) is 22.7 Å². The second-order valence-electron chi connectivity index (χ2n) is 4.26. The number of carbonyl (C=O) groups excluding carboxylic acids is 1. The van der Waals surface area contributed by atoms with Gasteiger partial charge in [0.15, 0.2) is 17.3 Å². The standard InChI is InChI=1S/C13H13N3O6/c1-7-4-12(15-22-7)14-13(17)8-5-10(20-2)11(21-3)6-9(8)16(18)19/h4-6H,1-3H3,(H,14,15,17). The van der Waals surface area contributed by atoms with Crippen LogP contribution in [0.3, 0.4) is 0 Å².